The smallest absolute Gasteiger partial charge is 0.454 e. The third-order valence-electron chi connectivity index (χ3n) is 10.1. The van der Waals surface area contributed by atoms with Crippen molar-refractivity contribution < 1.29 is 14.5 Å². The van der Waals surface area contributed by atoms with Gasteiger partial charge in [0.2, 0.25) is 0 Å². The molecule has 0 amide bonds. The first kappa shape index (κ1) is 29.3. The minimum absolute atomic E-state index is 0.173. The molecule has 0 unspecified atom stereocenters. The Hall–Kier alpha value is -5.10. The lowest BCUT2D eigenvalue weighted by atomic mass is 9.78. The lowest BCUT2D eigenvalue weighted by Gasteiger charge is -2.31. The van der Waals surface area contributed by atoms with E-state index in [1.165, 1.54) is 27.8 Å². The lowest BCUT2D eigenvalue weighted by molar-refractivity contribution is 0.425. The highest BCUT2D eigenvalue weighted by molar-refractivity contribution is 6.61. The van der Waals surface area contributed by atoms with Crippen LogP contribution in [-0.2, 0) is 10.8 Å². The van der Waals surface area contributed by atoms with E-state index in [4.69, 9.17) is 4.42 Å². The minimum atomic E-state index is -1.65. The first-order valence-corrected chi connectivity index (χ1v) is 16.1. The van der Waals surface area contributed by atoms with Crippen LogP contribution >= 0.6 is 0 Å². The molecule has 0 atom stereocenters. The molecule has 0 saturated carbocycles. The van der Waals surface area contributed by atoms with Crippen LogP contribution in [0.4, 0.5) is 17.1 Å². The molecule has 0 bridgehead atoms. The molecule has 0 fully saturated rings. The SMILES string of the molecule is C=C1/C=C\C=C/C(C)(C)c2cc(N(c3ccc4c(c3)C(C)(C)c3ccccc3-4)c3cccc4c3oc3c(B(O)O)cccc34)ccc21. The fraction of sp³-hybridized carbons (Fsp3) is 0.143. The minimum Gasteiger partial charge on any atom is -0.454 e. The maximum absolute atomic E-state index is 10.2. The Kier molecular flexibility index (Phi) is 6.53. The van der Waals surface area contributed by atoms with Crippen LogP contribution in [-0.4, -0.2) is 17.2 Å². The second-order valence-electron chi connectivity index (χ2n) is 13.8. The number of benzene rings is 5. The highest BCUT2D eigenvalue weighted by atomic mass is 16.4. The first-order chi connectivity index (χ1) is 22.6. The highest BCUT2D eigenvalue weighted by Crippen LogP contribution is 2.51. The van der Waals surface area contributed by atoms with Gasteiger partial charge in [0.05, 0.1) is 5.69 Å². The van der Waals surface area contributed by atoms with Crippen molar-refractivity contribution in [2.24, 2.45) is 0 Å². The second-order valence-corrected chi connectivity index (χ2v) is 13.8. The summed E-state index contributed by atoms with van der Waals surface area (Å²) < 4.78 is 6.60. The standard InChI is InChI=1S/C42H36BNO3/c1-26-12-8-9-23-41(2,3)35-24-27(19-21-29(26)35)44(28-20-22-31-30-13-6-7-16-34(30)42(4,5)36(31)25-28)38-18-11-15-33-32-14-10-17-37(43(45)46)39(32)47-40(33)38/h6-25,45-46H,1H2,2-5H3/b12-8-,23-9-. The van der Waals surface area contributed by atoms with Crippen LogP contribution in [0.3, 0.4) is 0 Å². The zero-order valence-corrected chi connectivity index (χ0v) is 27.1. The van der Waals surface area contributed by atoms with Gasteiger partial charge in [0.1, 0.15) is 5.58 Å². The van der Waals surface area contributed by atoms with E-state index in [0.29, 0.717) is 16.6 Å². The summed E-state index contributed by atoms with van der Waals surface area (Å²) in [4.78, 5) is 2.27. The molecule has 0 saturated heterocycles. The Morgan fingerprint density at radius 2 is 1.32 bits per heavy atom. The van der Waals surface area contributed by atoms with Gasteiger partial charge in [-0.3, -0.25) is 0 Å². The van der Waals surface area contributed by atoms with E-state index < -0.39 is 7.12 Å². The van der Waals surface area contributed by atoms with Crippen molar-refractivity contribution in [2.45, 2.75) is 38.5 Å². The average Bonchev–Trinajstić information content (AvgIpc) is 3.55. The number of para-hydroxylation sites is 2. The number of furan rings is 1. The van der Waals surface area contributed by atoms with E-state index in [2.05, 4.69) is 130 Å². The normalized spacial score (nSPS) is 17.0. The van der Waals surface area contributed by atoms with Crippen molar-refractivity contribution in [3.05, 3.63) is 150 Å². The van der Waals surface area contributed by atoms with E-state index in [-0.39, 0.29) is 10.8 Å². The van der Waals surface area contributed by atoms with E-state index in [1.807, 2.05) is 24.3 Å². The van der Waals surface area contributed by atoms with Crippen LogP contribution in [0.25, 0.3) is 38.6 Å². The van der Waals surface area contributed by atoms with Crippen molar-refractivity contribution in [3.63, 3.8) is 0 Å². The molecular formula is C42H36BNO3. The molecule has 0 aliphatic heterocycles. The molecule has 1 heterocycles. The van der Waals surface area contributed by atoms with Crippen LogP contribution in [0.2, 0.25) is 0 Å². The third kappa shape index (κ3) is 4.45. The van der Waals surface area contributed by atoms with Gasteiger partial charge in [0.15, 0.2) is 5.58 Å². The number of fused-ring (bicyclic) bond motifs is 7. The number of nitrogens with zero attached hydrogens (tertiary/aromatic N) is 1. The van der Waals surface area contributed by atoms with Crippen molar-refractivity contribution in [1.82, 2.24) is 0 Å². The number of anilines is 3. The molecule has 47 heavy (non-hydrogen) atoms. The molecule has 230 valence electrons. The fourth-order valence-corrected chi connectivity index (χ4v) is 7.60. The molecular weight excluding hydrogens is 577 g/mol. The monoisotopic (exact) mass is 613 g/mol. The molecule has 1 aromatic heterocycles. The zero-order chi connectivity index (χ0) is 32.7. The van der Waals surface area contributed by atoms with Crippen molar-refractivity contribution in [2.75, 3.05) is 4.90 Å². The van der Waals surface area contributed by atoms with E-state index in [1.54, 1.807) is 6.07 Å². The first-order valence-electron chi connectivity index (χ1n) is 16.1. The summed E-state index contributed by atoms with van der Waals surface area (Å²) in [7, 11) is -1.65. The van der Waals surface area contributed by atoms with Crippen molar-refractivity contribution in [3.8, 4) is 11.1 Å². The lowest BCUT2D eigenvalue weighted by Crippen LogP contribution is -2.29. The quantitative estimate of drug-likeness (QED) is 0.195. The van der Waals surface area contributed by atoms with E-state index >= 15 is 0 Å². The van der Waals surface area contributed by atoms with Gasteiger partial charge in [-0.2, -0.15) is 0 Å². The Labute approximate surface area is 275 Å². The fourth-order valence-electron chi connectivity index (χ4n) is 7.60. The van der Waals surface area contributed by atoms with Gasteiger partial charge in [-0.15, -0.1) is 0 Å². The number of allylic oxidation sites excluding steroid dienone is 5. The molecule has 5 heteroatoms. The molecule has 0 spiro atoms. The Morgan fingerprint density at radius 1 is 0.660 bits per heavy atom. The maximum atomic E-state index is 10.2. The summed E-state index contributed by atoms with van der Waals surface area (Å²) in [5.41, 5.74) is 12.4. The van der Waals surface area contributed by atoms with E-state index in [9.17, 15) is 10.0 Å². The topological polar surface area (TPSA) is 56.8 Å². The summed E-state index contributed by atoms with van der Waals surface area (Å²) in [6, 6.07) is 33.7. The van der Waals surface area contributed by atoms with Gasteiger partial charge in [0.25, 0.3) is 0 Å². The van der Waals surface area contributed by atoms with Gasteiger partial charge in [-0.05, 0) is 69.3 Å². The Morgan fingerprint density at radius 3 is 2.09 bits per heavy atom. The Bertz CT molecular complexity index is 2320. The van der Waals surface area contributed by atoms with Crippen LogP contribution in [0, 0.1) is 0 Å². The Balaban J connectivity index is 1.41. The number of hydrogen-bond donors (Lipinski definition) is 2. The molecule has 0 radical (unpaired) electrons. The zero-order valence-electron chi connectivity index (χ0n) is 27.1. The van der Waals surface area contributed by atoms with Crippen molar-refractivity contribution in [1.29, 1.82) is 0 Å². The van der Waals surface area contributed by atoms with Crippen LogP contribution < -0.4 is 10.4 Å². The number of hydrogen-bond acceptors (Lipinski definition) is 4. The molecule has 2 N–H and O–H groups in total. The molecule has 2 aliphatic rings. The van der Waals surface area contributed by atoms with Crippen LogP contribution in [0.1, 0.15) is 49.9 Å². The predicted octanol–water partition coefficient (Wildman–Crippen LogP) is 9.46. The largest absolute Gasteiger partial charge is 0.492 e. The van der Waals surface area contributed by atoms with Crippen molar-refractivity contribution >= 4 is 57.2 Å². The van der Waals surface area contributed by atoms with Gasteiger partial charge < -0.3 is 19.4 Å². The second kappa shape index (κ2) is 10.5. The molecule has 8 rings (SSSR count). The maximum Gasteiger partial charge on any atom is 0.492 e. The molecule has 4 nitrogen and oxygen atoms in total. The molecule has 2 aliphatic carbocycles. The summed E-state index contributed by atoms with van der Waals surface area (Å²) in [6.07, 6.45) is 8.45. The van der Waals surface area contributed by atoms with Gasteiger partial charge in [0, 0.05) is 38.4 Å². The summed E-state index contributed by atoms with van der Waals surface area (Å²) in [6.45, 7) is 13.5. The third-order valence-corrected chi connectivity index (χ3v) is 10.1. The average molecular weight is 614 g/mol. The summed E-state index contributed by atoms with van der Waals surface area (Å²) >= 11 is 0. The number of rotatable bonds is 4. The highest BCUT2D eigenvalue weighted by Gasteiger charge is 2.36. The van der Waals surface area contributed by atoms with E-state index in [0.717, 1.165) is 39.0 Å². The van der Waals surface area contributed by atoms with Gasteiger partial charge in [-0.25, -0.2) is 0 Å². The van der Waals surface area contributed by atoms with Crippen LogP contribution in [0.15, 0.2) is 132 Å². The summed E-state index contributed by atoms with van der Waals surface area (Å²) in [5, 5.41) is 22.1. The van der Waals surface area contributed by atoms with Crippen LogP contribution in [0.5, 0.6) is 0 Å². The van der Waals surface area contributed by atoms with Gasteiger partial charge >= 0.3 is 7.12 Å². The predicted molar refractivity (Wildman–Crippen MR) is 196 cm³/mol. The summed E-state index contributed by atoms with van der Waals surface area (Å²) in [5.74, 6) is 0. The molecule has 5 aromatic carbocycles. The van der Waals surface area contributed by atoms with Gasteiger partial charge in [-0.1, -0.05) is 125 Å². The molecule has 6 aromatic rings.